The molecule has 14 heavy (non-hydrogen) atoms. The number of pyridine rings is 1. The lowest BCUT2D eigenvalue weighted by Crippen LogP contribution is -2.06. The van der Waals surface area contributed by atoms with E-state index in [1.165, 1.54) is 0 Å². The SMILES string of the molecule is Nc1[nH]nc2nccc(C(F)(F)F)c12. The summed E-state index contributed by atoms with van der Waals surface area (Å²) in [6, 6.07) is 0.869. The number of halogens is 3. The van der Waals surface area contributed by atoms with E-state index in [0.717, 1.165) is 12.3 Å². The van der Waals surface area contributed by atoms with E-state index in [9.17, 15) is 13.2 Å². The highest BCUT2D eigenvalue weighted by Gasteiger charge is 2.34. The summed E-state index contributed by atoms with van der Waals surface area (Å²) < 4.78 is 37.4. The topological polar surface area (TPSA) is 67.6 Å². The summed E-state index contributed by atoms with van der Waals surface area (Å²) >= 11 is 0. The fourth-order valence-electron chi connectivity index (χ4n) is 1.21. The first-order valence-corrected chi connectivity index (χ1v) is 3.66. The molecule has 2 heterocycles. The van der Waals surface area contributed by atoms with Crippen molar-refractivity contribution in [3.63, 3.8) is 0 Å². The number of nitrogens with one attached hydrogen (secondary N) is 1. The van der Waals surface area contributed by atoms with Gasteiger partial charge in [0.15, 0.2) is 5.65 Å². The van der Waals surface area contributed by atoms with Crippen LogP contribution in [0.5, 0.6) is 0 Å². The Labute approximate surface area is 75.9 Å². The van der Waals surface area contributed by atoms with Gasteiger partial charge in [-0.05, 0) is 6.07 Å². The molecule has 0 radical (unpaired) electrons. The highest BCUT2D eigenvalue weighted by atomic mass is 19.4. The monoisotopic (exact) mass is 202 g/mol. The molecule has 0 spiro atoms. The molecule has 0 aliphatic rings. The van der Waals surface area contributed by atoms with Crippen LogP contribution in [0.2, 0.25) is 0 Å². The molecule has 0 bridgehead atoms. The smallest absolute Gasteiger partial charge is 0.383 e. The van der Waals surface area contributed by atoms with Gasteiger partial charge in [0.1, 0.15) is 5.82 Å². The van der Waals surface area contributed by atoms with E-state index >= 15 is 0 Å². The van der Waals surface area contributed by atoms with Gasteiger partial charge >= 0.3 is 6.18 Å². The molecule has 0 aromatic carbocycles. The number of anilines is 1. The van der Waals surface area contributed by atoms with E-state index in [1.54, 1.807) is 0 Å². The fourth-order valence-corrected chi connectivity index (χ4v) is 1.21. The second-order valence-corrected chi connectivity index (χ2v) is 2.69. The Bertz CT molecular complexity index is 473. The molecule has 3 N–H and O–H groups in total. The molecule has 2 rings (SSSR count). The van der Waals surface area contributed by atoms with E-state index in [1.807, 2.05) is 0 Å². The first-order chi connectivity index (χ1) is 6.50. The summed E-state index contributed by atoms with van der Waals surface area (Å²) in [7, 11) is 0. The number of hydrogen-bond donors (Lipinski definition) is 2. The highest BCUT2D eigenvalue weighted by Crippen LogP contribution is 2.35. The van der Waals surface area contributed by atoms with E-state index in [0.29, 0.717) is 0 Å². The number of rotatable bonds is 0. The van der Waals surface area contributed by atoms with E-state index in [2.05, 4.69) is 15.2 Å². The summed E-state index contributed by atoms with van der Waals surface area (Å²) in [4.78, 5) is 3.65. The molecule has 0 fully saturated rings. The number of nitrogens with zero attached hydrogens (tertiary/aromatic N) is 2. The number of H-pyrrole nitrogens is 1. The van der Waals surface area contributed by atoms with Gasteiger partial charge in [0.05, 0.1) is 10.9 Å². The van der Waals surface area contributed by atoms with Crippen LogP contribution < -0.4 is 5.73 Å². The Morgan fingerprint density at radius 2 is 2.07 bits per heavy atom. The number of fused-ring (bicyclic) bond motifs is 1. The predicted octanol–water partition coefficient (Wildman–Crippen LogP) is 1.56. The zero-order valence-electron chi connectivity index (χ0n) is 6.76. The van der Waals surface area contributed by atoms with E-state index < -0.39 is 11.7 Å². The maximum atomic E-state index is 12.5. The van der Waals surface area contributed by atoms with Gasteiger partial charge in [-0.2, -0.15) is 18.3 Å². The first-order valence-electron chi connectivity index (χ1n) is 3.66. The number of hydrogen-bond acceptors (Lipinski definition) is 3. The van der Waals surface area contributed by atoms with Gasteiger partial charge in [-0.15, -0.1) is 0 Å². The van der Waals surface area contributed by atoms with Crippen LogP contribution in [0.3, 0.4) is 0 Å². The number of nitrogens with two attached hydrogens (primary N) is 1. The zero-order valence-corrected chi connectivity index (χ0v) is 6.76. The molecular weight excluding hydrogens is 197 g/mol. The molecule has 7 heteroatoms. The van der Waals surface area contributed by atoms with Crippen molar-refractivity contribution < 1.29 is 13.2 Å². The second kappa shape index (κ2) is 2.60. The Morgan fingerprint density at radius 3 is 2.71 bits per heavy atom. The van der Waals surface area contributed by atoms with Gasteiger partial charge in [0.25, 0.3) is 0 Å². The zero-order chi connectivity index (χ0) is 10.3. The Morgan fingerprint density at radius 1 is 1.36 bits per heavy atom. The lowest BCUT2D eigenvalue weighted by Gasteiger charge is -2.06. The molecule has 0 saturated heterocycles. The third-order valence-corrected chi connectivity index (χ3v) is 1.79. The molecule has 0 unspecified atom stereocenters. The minimum Gasteiger partial charge on any atom is -0.383 e. The van der Waals surface area contributed by atoms with Crippen molar-refractivity contribution in [1.82, 2.24) is 15.2 Å². The number of nitrogen functional groups attached to an aromatic ring is 1. The average molecular weight is 202 g/mol. The van der Waals surface area contributed by atoms with Gasteiger partial charge in [-0.1, -0.05) is 0 Å². The highest BCUT2D eigenvalue weighted by molar-refractivity contribution is 5.89. The Balaban J connectivity index is 2.82. The minimum absolute atomic E-state index is 0.0303. The summed E-state index contributed by atoms with van der Waals surface area (Å²) in [6.07, 6.45) is -3.40. The Hall–Kier alpha value is -1.79. The molecule has 4 nitrogen and oxygen atoms in total. The normalized spacial score (nSPS) is 12.2. The van der Waals surface area contributed by atoms with Crippen LogP contribution in [0.1, 0.15) is 5.56 Å². The number of alkyl halides is 3. The molecule has 2 aromatic heterocycles. The van der Waals surface area contributed by atoms with Crippen LogP contribution in [0, 0.1) is 0 Å². The molecule has 0 amide bonds. The van der Waals surface area contributed by atoms with Crippen LogP contribution in [0.4, 0.5) is 19.0 Å². The largest absolute Gasteiger partial charge is 0.417 e. The van der Waals surface area contributed by atoms with Gasteiger partial charge in [0.2, 0.25) is 0 Å². The van der Waals surface area contributed by atoms with Crippen LogP contribution in [0.15, 0.2) is 12.3 Å². The van der Waals surface area contributed by atoms with Gasteiger partial charge < -0.3 is 5.73 Å². The van der Waals surface area contributed by atoms with Crippen molar-refractivity contribution in [3.8, 4) is 0 Å². The third-order valence-electron chi connectivity index (χ3n) is 1.79. The second-order valence-electron chi connectivity index (χ2n) is 2.69. The third kappa shape index (κ3) is 1.17. The van der Waals surface area contributed by atoms with Crippen molar-refractivity contribution in [2.75, 3.05) is 5.73 Å². The van der Waals surface area contributed by atoms with Crippen LogP contribution in [0.25, 0.3) is 11.0 Å². The van der Waals surface area contributed by atoms with Crippen molar-refractivity contribution in [2.45, 2.75) is 6.18 Å². The summed E-state index contributed by atoms with van der Waals surface area (Å²) in [5.74, 6) is -0.125. The fraction of sp³-hybridized carbons (Fsp3) is 0.143. The van der Waals surface area contributed by atoms with Crippen molar-refractivity contribution >= 4 is 16.9 Å². The summed E-state index contributed by atoms with van der Waals surface area (Å²) in [6.45, 7) is 0. The lowest BCUT2D eigenvalue weighted by molar-refractivity contribution is -0.136. The van der Waals surface area contributed by atoms with Crippen molar-refractivity contribution in [2.24, 2.45) is 0 Å². The molecule has 0 saturated carbocycles. The lowest BCUT2D eigenvalue weighted by atomic mass is 10.2. The van der Waals surface area contributed by atoms with Gasteiger partial charge in [0, 0.05) is 6.20 Å². The molecule has 0 aliphatic heterocycles. The predicted molar refractivity (Wildman–Crippen MR) is 43.3 cm³/mol. The number of aromatic nitrogens is 3. The van der Waals surface area contributed by atoms with Crippen LogP contribution >= 0.6 is 0 Å². The number of aromatic amines is 1. The molecule has 74 valence electrons. The molecular formula is C7H5F3N4. The van der Waals surface area contributed by atoms with Crippen LogP contribution in [-0.2, 0) is 6.18 Å². The van der Waals surface area contributed by atoms with Gasteiger partial charge in [-0.25, -0.2) is 4.98 Å². The minimum atomic E-state index is -4.45. The van der Waals surface area contributed by atoms with Crippen molar-refractivity contribution in [3.05, 3.63) is 17.8 Å². The van der Waals surface area contributed by atoms with Crippen LogP contribution in [-0.4, -0.2) is 15.2 Å². The maximum absolute atomic E-state index is 12.5. The molecule has 0 aliphatic carbocycles. The summed E-state index contributed by atoms with van der Waals surface area (Å²) in [5.41, 5.74) is 4.46. The Kier molecular flexibility index (Phi) is 1.63. The average Bonchev–Trinajstić information content (AvgIpc) is 2.46. The van der Waals surface area contributed by atoms with Crippen molar-refractivity contribution in [1.29, 1.82) is 0 Å². The maximum Gasteiger partial charge on any atom is 0.417 e. The quantitative estimate of drug-likeness (QED) is 0.681. The first kappa shape index (κ1) is 8.79. The standard InChI is InChI=1S/C7H5F3N4/c8-7(9,10)3-1-2-12-6-4(3)5(11)13-14-6/h1-2H,(H3,11,12,13,14). The van der Waals surface area contributed by atoms with Gasteiger partial charge in [-0.3, -0.25) is 5.10 Å². The molecule has 0 atom stereocenters. The molecule has 2 aromatic rings. The van der Waals surface area contributed by atoms with E-state index in [-0.39, 0.29) is 16.9 Å². The van der Waals surface area contributed by atoms with E-state index in [4.69, 9.17) is 5.73 Å². The summed E-state index contributed by atoms with van der Waals surface area (Å²) in [5, 5.41) is 5.61.